The Labute approximate surface area is 75.4 Å². The molecule has 0 amide bonds. The number of rotatable bonds is 1. The molecule has 0 radical (unpaired) electrons. The van der Waals surface area contributed by atoms with Gasteiger partial charge in [-0.05, 0) is 24.5 Å². The number of thioether (sulfide) groups is 1. The summed E-state index contributed by atoms with van der Waals surface area (Å²) >= 11 is 11.6. The molecule has 10 heavy (non-hydrogen) atoms. The second-order valence-electron chi connectivity index (χ2n) is 1.82. The molecule has 0 unspecified atom stereocenters. The molecule has 0 bridgehead atoms. The largest absolute Gasteiger partial charge is 0.142 e. The van der Waals surface area contributed by atoms with Gasteiger partial charge in [0, 0.05) is 9.79 Å². The topological polar surface area (TPSA) is 0 Å². The maximum atomic E-state index is 5.80. The molecule has 0 nitrogen and oxygen atoms in total. The van der Waals surface area contributed by atoms with Crippen molar-refractivity contribution in [3.05, 3.63) is 23.2 Å². The Kier molecular flexibility index (Phi) is 2.96. The van der Waals surface area contributed by atoms with Gasteiger partial charge in [-0.1, -0.05) is 11.6 Å². The summed E-state index contributed by atoms with van der Waals surface area (Å²) in [5.41, 5.74) is 0. The lowest BCUT2D eigenvalue weighted by atomic mass is 10.4. The molecular formula is C7H7ClS2. The van der Waals surface area contributed by atoms with Crippen molar-refractivity contribution in [1.82, 2.24) is 0 Å². The molecule has 0 fully saturated rings. The molecule has 0 saturated carbocycles. The van der Waals surface area contributed by atoms with Gasteiger partial charge in [-0.2, -0.15) is 0 Å². The highest BCUT2D eigenvalue weighted by Gasteiger charge is 1.95. The summed E-state index contributed by atoms with van der Waals surface area (Å²) in [7, 11) is 0. The van der Waals surface area contributed by atoms with Crippen molar-refractivity contribution < 1.29 is 0 Å². The SMILES string of the molecule is CSc1ccc(S)c(Cl)c1. The van der Waals surface area contributed by atoms with Gasteiger partial charge in [0.15, 0.2) is 0 Å². The first-order valence-corrected chi connectivity index (χ1v) is 4.81. The van der Waals surface area contributed by atoms with Gasteiger partial charge in [0.1, 0.15) is 0 Å². The molecule has 0 atom stereocenters. The fraction of sp³-hybridized carbons (Fsp3) is 0.143. The molecule has 1 aromatic carbocycles. The Morgan fingerprint density at radius 1 is 1.50 bits per heavy atom. The molecule has 0 aliphatic rings. The minimum absolute atomic E-state index is 0.718. The summed E-state index contributed by atoms with van der Waals surface area (Å²) < 4.78 is 0. The average molecular weight is 191 g/mol. The Balaban J connectivity index is 3.04. The van der Waals surface area contributed by atoms with Crippen molar-refractivity contribution in [3.63, 3.8) is 0 Å². The lowest BCUT2D eigenvalue weighted by Gasteiger charge is -1.98. The van der Waals surface area contributed by atoms with Crippen LogP contribution in [0.15, 0.2) is 28.0 Å². The van der Waals surface area contributed by atoms with E-state index >= 15 is 0 Å². The van der Waals surface area contributed by atoms with Crippen LogP contribution in [0, 0.1) is 0 Å². The van der Waals surface area contributed by atoms with Crippen LogP contribution in [0.5, 0.6) is 0 Å². The number of benzene rings is 1. The number of hydrogen-bond acceptors (Lipinski definition) is 2. The van der Waals surface area contributed by atoms with Crippen LogP contribution in [0.1, 0.15) is 0 Å². The summed E-state index contributed by atoms with van der Waals surface area (Å²) in [6.07, 6.45) is 2.02. The number of hydrogen-bond donors (Lipinski definition) is 1. The highest BCUT2D eigenvalue weighted by molar-refractivity contribution is 7.98. The molecular weight excluding hydrogens is 184 g/mol. The molecule has 3 heteroatoms. The van der Waals surface area contributed by atoms with E-state index < -0.39 is 0 Å². The van der Waals surface area contributed by atoms with E-state index in [9.17, 15) is 0 Å². The van der Waals surface area contributed by atoms with E-state index in [1.807, 2.05) is 24.5 Å². The van der Waals surface area contributed by atoms with Crippen LogP contribution in [-0.4, -0.2) is 6.26 Å². The second kappa shape index (κ2) is 3.56. The van der Waals surface area contributed by atoms with Crippen molar-refractivity contribution in [1.29, 1.82) is 0 Å². The summed E-state index contributed by atoms with van der Waals surface area (Å²) in [6.45, 7) is 0. The molecule has 0 heterocycles. The molecule has 0 aliphatic carbocycles. The third kappa shape index (κ3) is 1.84. The molecule has 0 spiro atoms. The molecule has 0 aliphatic heterocycles. The zero-order chi connectivity index (χ0) is 7.56. The highest BCUT2D eigenvalue weighted by Crippen LogP contribution is 2.25. The Morgan fingerprint density at radius 3 is 2.70 bits per heavy atom. The molecule has 1 rings (SSSR count). The molecule has 1 aromatic rings. The second-order valence-corrected chi connectivity index (χ2v) is 3.59. The fourth-order valence-corrected chi connectivity index (χ4v) is 1.44. The predicted octanol–water partition coefficient (Wildman–Crippen LogP) is 3.35. The first-order chi connectivity index (χ1) is 4.74. The van der Waals surface area contributed by atoms with Crippen molar-refractivity contribution in [2.24, 2.45) is 0 Å². The summed E-state index contributed by atoms with van der Waals surface area (Å²) in [5, 5.41) is 0.718. The van der Waals surface area contributed by atoms with Crippen molar-refractivity contribution in [2.75, 3.05) is 6.26 Å². The Bertz CT molecular complexity index is 235. The minimum atomic E-state index is 0.718. The van der Waals surface area contributed by atoms with Crippen LogP contribution in [0.3, 0.4) is 0 Å². The first kappa shape index (κ1) is 8.31. The molecule has 54 valence electrons. The first-order valence-electron chi connectivity index (χ1n) is 2.76. The molecule has 0 saturated heterocycles. The molecule has 0 aromatic heterocycles. The van der Waals surface area contributed by atoms with Gasteiger partial charge in [0.05, 0.1) is 5.02 Å². The van der Waals surface area contributed by atoms with Gasteiger partial charge in [0.25, 0.3) is 0 Å². The van der Waals surface area contributed by atoms with Gasteiger partial charge in [-0.15, -0.1) is 24.4 Å². The third-order valence-corrected chi connectivity index (χ3v) is 2.71. The van der Waals surface area contributed by atoms with Gasteiger partial charge < -0.3 is 0 Å². The van der Waals surface area contributed by atoms with Crippen molar-refractivity contribution >= 4 is 36.0 Å². The minimum Gasteiger partial charge on any atom is -0.142 e. The van der Waals surface area contributed by atoms with Crippen LogP contribution < -0.4 is 0 Å². The van der Waals surface area contributed by atoms with E-state index in [0.717, 1.165) is 9.92 Å². The summed E-state index contributed by atoms with van der Waals surface area (Å²) in [4.78, 5) is 2.00. The summed E-state index contributed by atoms with van der Waals surface area (Å²) in [5.74, 6) is 0. The zero-order valence-corrected chi connectivity index (χ0v) is 7.93. The maximum Gasteiger partial charge on any atom is 0.0550 e. The lowest BCUT2D eigenvalue weighted by molar-refractivity contribution is 1.36. The van der Waals surface area contributed by atoms with Gasteiger partial charge in [-0.3, -0.25) is 0 Å². The Hall–Kier alpha value is 0.210. The smallest absolute Gasteiger partial charge is 0.0550 e. The zero-order valence-electron chi connectivity index (χ0n) is 5.47. The van der Waals surface area contributed by atoms with E-state index in [2.05, 4.69) is 12.6 Å². The number of thiol groups is 1. The standard InChI is InChI=1S/C7H7ClS2/c1-10-5-2-3-7(9)6(8)4-5/h2-4,9H,1H3. The van der Waals surface area contributed by atoms with Crippen molar-refractivity contribution in [2.45, 2.75) is 9.79 Å². The van der Waals surface area contributed by atoms with Crippen LogP contribution in [0.4, 0.5) is 0 Å². The van der Waals surface area contributed by atoms with Gasteiger partial charge in [-0.25, -0.2) is 0 Å². The van der Waals surface area contributed by atoms with Crippen molar-refractivity contribution in [3.8, 4) is 0 Å². The van der Waals surface area contributed by atoms with Crippen LogP contribution in [0.2, 0.25) is 5.02 Å². The fourth-order valence-electron chi connectivity index (χ4n) is 0.615. The quantitative estimate of drug-likeness (QED) is 0.524. The van der Waals surface area contributed by atoms with E-state index in [1.54, 1.807) is 11.8 Å². The Morgan fingerprint density at radius 2 is 2.20 bits per heavy atom. The predicted molar refractivity (Wildman–Crippen MR) is 50.5 cm³/mol. The number of halogens is 1. The van der Waals surface area contributed by atoms with E-state index in [0.29, 0.717) is 0 Å². The monoisotopic (exact) mass is 190 g/mol. The molecule has 0 N–H and O–H groups in total. The van der Waals surface area contributed by atoms with E-state index in [4.69, 9.17) is 11.6 Å². The van der Waals surface area contributed by atoms with E-state index in [1.165, 1.54) is 4.90 Å². The van der Waals surface area contributed by atoms with Crippen LogP contribution >= 0.6 is 36.0 Å². The highest BCUT2D eigenvalue weighted by atomic mass is 35.5. The van der Waals surface area contributed by atoms with Gasteiger partial charge in [0.2, 0.25) is 0 Å². The normalized spacial score (nSPS) is 9.90. The van der Waals surface area contributed by atoms with Gasteiger partial charge >= 0.3 is 0 Å². The third-order valence-electron chi connectivity index (χ3n) is 1.15. The van der Waals surface area contributed by atoms with Crippen LogP contribution in [-0.2, 0) is 0 Å². The maximum absolute atomic E-state index is 5.80. The average Bonchev–Trinajstić information content (AvgIpc) is 1.95. The summed E-state index contributed by atoms with van der Waals surface area (Å²) in [6, 6.07) is 5.81. The lowest BCUT2D eigenvalue weighted by Crippen LogP contribution is -1.71. The van der Waals surface area contributed by atoms with Crippen LogP contribution in [0.25, 0.3) is 0 Å². The van der Waals surface area contributed by atoms with E-state index in [-0.39, 0.29) is 0 Å².